The van der Waals surface area contributed by atoms with Gasteiger partial charge in [-0.1, -0.05) is 28.9 Å². The van der Waals surface area contributed by atoms with Crippen molar-refractivity contribution < 1.29 is 18.7 Å². The van der Waals surface area contributed by atoms with Gasteiger partial charge in [-0.25, -0.2) is 0 Å². The number of aromatic nitrogens is 1. The van der Waals surface area contributed by atoms with Crippen molar-refractivity contribution in [2.24, 2.45) is 0 Å². The number of fused-ring (bicyclic) bond motifs is 2. The molecule has 4 aromatic rings. The zero-order chi connectivity index (χ0) is 22.7. The highest BCUT2D eigenvalue weighted by molar-refractivity contribution is 6.32. The molecule has 0 radical (unpaired) electrons. The van der Waals surface area contributed by atoms with Gasteiger partial charge in [-0.3, -0.25) is 24.6 Å². The highest BCUT2D eigenvalue weighted by atomic mass is 35.5. The Labute approximate surface area is 184 Å². The topological polar surface area (TPSA) is 120 Å². The number of aryl methyl sites for hydroxylation is 2. The number of non-ortho nitro benzene ring substituents is 1. The van der Waals surface area contributed by atoms with Gasteiger partial charge in [0.2, 0.25) is 5.76 Å². The number of nitrogens with zero attached hydrogens (tertiary/aromatic N) is 3. The molecular formula is C22H14ClN3O6. The normalized spacial score (nSPS) is 15.4. The number of halogens is 1. The number of nitro groups is 1. The molecule has 0 N–H and O–H groups in total. The van der Waals surface area contributed by atoms with E-state index in [4.69, 9.17) is 20.5 Å². The minimum Gasteiger partial charge on any atom is -0.450 e. The third kappa shape index (κ3) is 2.89. The van der Waals surface area contributed by atoms with Crippen molar-refractivity contribution in [1.82, 2.24) is 5.16 Å². The molecule has 0 bridgehead atoms. The van der Waals surface area contributed by atoms with Gasteiger partial charge in [0, 0.05) is 23.2 Å². The minimum absolute atomic E-state index is 0.0589. The molecule has 3 heterocycles. The second-order valence-electron chi connectivity index (χ2n) is 7.50. The van der Waals surface area contributed by atoms with Gasteiger partial charge in [0.05, 0.1) is 21.9 Å². The molecule has 0 aliphatic carbocycles. The molecule has 0 spiro atoms. The van der Waals surface area contributed by atoms with Crippen molar-refractivity contribution in [3.05, 3.63) is 96.0 Å². The molecule has 1 aliphatic rings. The Bertz CT molecular complexity index is 1510. The number of amides is 1. The summed E-state index contributed by atoms with van der Waals surface area (Å²) in [5.74, 6) is -0.140. The lowest BCUT2D eigenvalue weighted by Gasteiger charge is -2.22. The van der Waals surface area contributed by atoms with Gasteiger partial charge in [0.15, 0.2) is 11.2 Å². The summed E-state index contributed by atoms with van der Waals surface area (Å²) in [5, 5.41) is 15.9. The van der Waals surface area contributed by atoms with Gasteiger partial charge >= 0.3 is 0 Å². The summed E-state index contributed by atoms with van der Waals surface area (Å²) in [6.07, 6.45) is 0. The third-order valence-electron chi connectivity index (χ3n) is 5.41. The van der Waals surface area contributed by atoms with E-state index in [2.05, 4.69) is 5.16 Å². The van der Waals surface area contributed by atoms with Crippen molar-refractivity contribution in [1.29, 1.82) is 0 Å². The number of hydrogen-bond donors (Lipinski definition) is 0. The van der Waals surface area contributed by atoms with Crippen LogP contribution >= 0.6 is 11.6 Å². The fourth-order valence-electron chi connectivity index (χ4n) is 3.92. The number of nitro benzene ring substituents is 1. The van der Waals surface area contributed by atoms with E-state index in [0.717, 1.165) is 0 Å². The Morgan fingerprint density at radius 1 is 1.16 bits per heavy atom. The summed E-state index contributed by atoms with van der Waals surface area (Å²) in [4.78, 5) is 39.0. The second kappa shape index (κ2) is 7.03. The number of hydrogen-bond acceptors (Lipinski definition) is 7. The average Bonchev–Trinajstić information content (AvgIpc) is 3.31. The predicted octanol–water partition coefficient (Wildman–Crippen LogP) is 4.71. The van der Waals surface area contributed by atoms with Crippen LogP contribution in [0.3, 0.4) is 0 Å². The quantitative estimate of drug-likeness (QED) is 0.326. The largest absolute Gasteiger partial charge is 0.450 e. The van der Waals surface area contributed by atoms with E-state index in [9.17, 15) is 19.7 Å². The Morgan fingerprint density at radius 2 is 1.94 bits per heavy atom. The smallest absolute Gasteiger partial charge is 0.296 e. The molecule has 160 valence electrons. The van der Waals surface area contributed by atoms with Crippen molar-refractivity contribution in [3.8, 4) is 0 Å². The SMILES string of the molecule is Cc1cc(N2C(=O)c3oc4cc(C)c(Cl)cc4c(=O)c3[C@@H]2c2cccc([N+](=O)[O-])c2)no1. The standard InChI is InChI=1S/C22H14ClN3O6/c1-10-6-16-14(9-15(10)23)20(27)18-19(12-4-3-5-13(8-12)26(29)30)25(22(28)21(18)31-16)17-7-11(2)32-24-17/h3-9,19H,1-2H3/t19-/m0/s1. The summed E-state index contributed by atoms with van der Waals surface area (Å²) >= 11 is 6.22. The summed E-state index contributed by atoms with van der Waals surface area (Å²) in [5.41, 5.74) is 0.700. The van der Waals surface area contributed by atoms with Crippen molar-refractivity contribution in [2.75, 3.05) is 4.90 Å². The number of rotatable bonds is 3. The monoisotopic (exact) mass is 451 g/mol. The van der Waals surface area contributed by atoms with E-state index >= 15 is 0 Å². The van der Waals surface area contributed by atoms with Crippen molar-refractivity contribution >= 4 is 40.0 Å². The van der Waals surface area contributed by atoms with Gasteiger partial charge in [-0.05, 0) is 37.1 Å². The molecule has 2 aromatic carbocycles. The zero-order valence-electron chi connectivity index (χ0n) is 16.8. The molecule has 1 amide bonds. The molecule has 0 unspecified atom stereocenters. The van der Waals surface area contributed by atoms with Crippen molar-refractivity contribution in [3.63, 3.8) is 0 Å². The van der Waals surface area contributed by atoms with E-state index in [0.29, 0.717) is 21.9 Å². The molecule has 0 saturated carbocycles. The maximum atomic E-state index is 13.5. The van der Waals surface area contributed by atoms with E-state index in [1.54, 1.807) is 32.0 Å². The lowest BCUT2D eigenvalue weighted by molar-refractivity contribution is -0.384. The van der Waals surface area contributed by atoms with Crippen LogP contribution < -0.4 is 10.3 Å². The van der Waals surface area contributed by atoms with Crippen LogP contribution in [0.5, 0.6) is 0 Å². The first kappa shape index (κ1) is 20.0. The first-order chi connectivity index (χ1) is 15.3. The van der Waals surface area contributed by atoms with Gasteiger partial charge in [-0.2, -0.15) is 0 Å². The van der Waals surface area contributed by atoms with Gasteiger partial charge in [-0.15, -0.1) is 0 Å². The molecule has 0 fully saturated rings. The fraction of sp³-hybridized carbons (Fsp3) is 0.136. The lowest BCUT2D eigenvalue weighted by atomic mass is 9.98. The Balaban J connectivity index is 1.83. The molecule has 1 aliphatic heterocycles. The van der Waals surface area contributed by atoms with Gasteiger partial charge < -0.3 is 8.94 Å². The third-order valence-corrected chi connectivity index (χ3v) is 5.82. The summed E-state index contributed by atoms with van der Waals surface area (Å²) in [6.45, 7) is 3.42. The summed E-state index contributed by atoms with van der Waals surface area (Å²) in [7, 11) is 0. The van der Waals surface area contributed by atoms with Crippen LogP contribution in [-0.4, -0.2) is 16.0 Å². The van der Waals surface area contributed by atoms with Crippen LogP contribution in [0.15, 0.2) is 56.2 Å². The van der Waals surface area contributed by atoms with Gasteiger partial charge in [0.1, 0.15) is 11.3 Å². The number of benzene rings is 2. The van der Waals surface area contributed by atoms with E-state index in [1.807, 2.05) is 0 Å². The minimum atomic E-state index is -0.998. The van der Waals surface area contributed by atoms with Crippen molar-refractivity contribution in [2.45, 2.75) is 19.9 Å². The van der Waals surface area contributed by atoms with Crippen LogP contribution in [0.1, 0.15) is 39.0 Å². The van der Waals surface area contributed by atoms with Crippen LogP contribution in [-0.2, 0) is 0 Å². The molecular weight excluding hydrogens is 438 g/mol. The summed E-state index contributed by atoms with van der Waals surface area (Å²) in [6, 6.07) is 9.38. The van der Waals surface area contributed by atoms with Crippen LogP contribution in [0.2, 0.25) is 5.02 Å². The molecule has 10 heteroatoms. The predicted molar refractivity (Wildman–Crippen MR) is 115 cm³/mol. The van der Waals surface area contributed by atoms with E-state index in [1.165, 1.54) is 29.2 Å². The molecule has 9 nitrogen and oxygen atoms in total. The highest BCUT2D eigenvalue weighted by Crippen LogP contribution is 2.41. The molecule has 32 heavy (non-hydrogen) atoms. The first-order valence-electron chi connectivity index (χ1n) is 9.54. The number of anilines is 1. The average molecular weight is 452 g/mol. The van der Waals surface area contributed by atoms with Crippen LogP contribution in [0, 0.1) is 24.0 Å². The first-order valence-corrected chi connectivity index (χ1v) is 9.92. The maximum absolute atomic E-state index is 13.5. The molecule has 0 saturated heterocycles. The Hall–Kier alpha value is -3.98. The van der Waals surface area contributed by atoms with E-state index < -0.39 is 22.3 Å². The highest BCUT2D eigenvalue weighted by Gasteiger charge is 2.45. The van der Waals surface area contributed by atoms with Gasteiger partial charge in [0.25, 0.3) is 11.6 Å². The Kier molecular flexibility index (Phi) is 4.38. The Morgan fingerprint density at radius 3 is 2.62 bits per heavy atom. The molecule has 1 atom stereocenters. The fourth-order valence-corrected chi connectivity index (χ4v) is 4.08. The zero-order valence-corrected chi connectivity index (χ0v) is 17.5. The lowest BCUT2D eigenvalue weighted by Crippen LogP contribution is -2.29. The number of carbonyl (C=O) groups is 1. The summed E-state index contributed by atoms with van der Waals surface area (Å²) < 4.78 is 11.0. The number of carbonyl (C=O) groups excluding carboxylic acids is 1. The molecule has 5 rings (SSSR count). The second-order valence-corrected chi connectivity index (χ2v) is 7.90. The van der Waals surface area contributed by atoms with E-state index in [-0.39, 0.29) is 33.8 Å². The maximum Gasteiger partial charge on any atom is 0.296 e. The molecule has 2 aromatic heterocycles. The van der Waals surface area contributed by atoms with Crippen LogP contribution in [0.25, 0.3) is 11.0 Å². The van der Waals surface area contributed by atoms with Crippen LogP contribution in [0.4, 0.5) is 11.5 Å².